The van der Waals surface area contributed by atoms with Crippen molar-refractivity contribution in [2.24, 2.45) is 0 Å². The number of carbonyl (C=O) groups is 1. The zero-order valence-corrected chi connectivity index (χ0v) is 20.6. The van der Waals surface area contributed by atoms with E-state index in [0.717, 1.165) is 39.5 Å². The molecule has 0 aliphatic rings. The number of amides is 1. The summed E-state index contributed by atoms with van der Waals surface area (Å²) >= 11 is 5.79. The van der Waals surface area contributed by atoms with Crippen LogP contribution in [0.4, 0.5) is 10.1 Å². The van der Waals surface area contributed by atoms with Gasteiger partial charge in [-0.2, -0.15) is 0 Å². The van der Waals surface area contributed by atoms with Gasteiger partial charge in [0.25, 0.3) is 0 Å². The number of fused-ring (bicyclic) bond motifs is 1. The lowest BCUT2D eigenvalue weighted by molar-refractivity contribution is -0.111. The lowest BCUT2D eigenvalue weighted by atomic mass is 9.96. The van der Waals surface area contributed by atoms with Gasteiger partial charge in [0.05, 0.1) is 25.7 Å². The van der Waals surface area contributed by atoms with Gasteiger partial charge in [0.2, 0.25) is 5.91 Å². The molecule has 7 heteroatoms. The number of methoxy groups -OCH3 is 1. The molecule has 35 heavy (non-hydrogen) atoms. The maximum absolute atomic E-state index is 14.1. The molecule has 0 aliphatic carbocycles. The van der Waals surface area contributed by atoms with Crippen LogP contribution in [0.3, 0.4) is 0 Å². The first-order valence-corrected chi connectivity index (χ1v) is 11.5. The third-order valence-corrected chi connectivity index (χ3v) is 5.92. The lowest BCUT2D eigenvalue weighted by Gasteiger charge is -2.13. The summed E-state index contributed by atoms with van der Waals surface area (Å²) in [6.07, 6.45) is 3.12. The molecule has 0 spiro atoms. The maximum Gasteiger partial charge on any atom is 0.248 e. The Hall–Kier alpha value is -3.77. The Bertz CT molecular complexity index is 1420. The molecule has 5 nitrogen and oxygen atoms in total. The van der Waals surface area contributed by atoms with Crippen LogP contribution in [0.1, 0.15) is 25.0 Å². The van der Waals surface area contributed by atoms with Crippen molar-refractivity contribution in [3.63, 3.8) is 0 Å². The van der Waals surface area contributed by atoms with Crippen molar-refractivity contribution < 1.29 is 23.1 Å². The van der Waals surface area contributed by atoms with Crippen LogP contribution in [-0.4, -0.2) is 19.6 Å². The van der Waals surface area contributed by atoms with E-state index in [1.54, 1.807) is 20.3 Å². The van der Waals surface area contributed by atoms with E-state index in [1.165, 1.54) is 18.2 Å². The zero-order valence-electron chi connectivity index (χ0n) is 19.9. The minimum atomic E-state index is -0.606. The number of hydrogen-bond donors (Lipinski definition) is 1. The summed E-state index contributed by atoms with van der Waals surface area (Å²) in [4.78, 5) is 12.6. The Labute approximate surface area is 208 Å². The molecule has 0 fully saturated rings. The number of allylic oxidation sites excluding steroid dienone is 1. The van der Waals surface area contributed by atoms with E-state index >= 15 is 0 Å². The van der Waals surface area contributed by atoms with Crippen molar-refractivity contribution >= 4 is 39.7 Å². The molecule has 0 saturated carbocycles. The highest BCUT2D eigenvalue weighted by atomic mass is 35.5. The van der Waals surface area contributed by atoms with Gasteiger partial charge < -0.3 is 19.2 Å². The smallest absolute Gasteiger partial charge is 0.248 e. The first kappa shape index (κ1) is 24.4. The molecule has 1 amide bonds. The van der Waals surface area contributed by atoms with Gasteiger partial charge in [-0.05, 0) is 68.3 Å². The standard InChI is InChI=1S/C28H25ClFNO4/c1-5-34-20-9-6-18(7-10-20)23-15-35-28-17(3)27(33-4)21(14-22(23)28)16(2)12-26(32)31-25-11-8-19(29)13-24(25)30/h6-15H,5H2,1-4H3,(H,31,32)/b16-12+. The van der Waals surface area contributed by atoms with E-state index in [-0.39, 0.29) is 10.7 Å². The highest BCUT2D eigenvalue weighted by Crippen LogP contribution is 2.40. The fourth-order valence-electron chi connectivity index (χ4n) is 4.03. The summed E-state index contributed by atoms with van der Waals surface area (Å²) in [5.74, 6) is 0.321. The van der Waals surface area contributed by atoms with Crippen molar-refractivity contribution in [3.05, 3.63) is 82.8 Å². The number of ether oxygens (including phenoxy) is 2. The van der Waals surface area contributed by atoms with Gasteiger partial charge in [-0.25, -0.2) is 4.39 Å². The number of furan rings is 1. The van der Waals surface area contributed by atoms with Gasteiger partial charge in [0, 0.05) is 33.2 Å². The zero-order chi connectivity index (χ0) is 25.1. The van der Waals surface area contributed by atoms with Crippen molar-refractivity contribution in [2.45, 2.75) is 20.8 Å². The third kappa shape index (κ3) is 5.03. The topological polar surface area (TPSA) is 60.7 Å². The summed E-state index contributed by atoms with van der Waals surface area (Å²) in [6, 6.07) is 13.8. The Morgan fingerprint density at radius 2 is 1.91 bits per heavy atom. The first-order chi connectivity index (χ1) is 16.8. The van der Waals surface area contributed by atoms with Crippen LogP contribution in [0.25, 0.3) is 27.7 Å². The second-order valence-corrected chi connectivity index (χ2v) is 8.44. The molecular formula is C28H25ClFNO4. The van der Waals surface area contributed by atoms with Crippen LogP contribution in [0, 0.1) is 12.7 Å². The summed E-state index contributed by atoms with van der Waals surface area (Å²) in [7, 11) is 1.57. The van der Waals surface area contributed by atoms with E-state index in [9.17, 15) is 9.18 Å². The van der Waals surface area contributed by atoms with Crippen LogP contribution in [0.15, 0.2) is 65.3 Å². The number of nitrogens with one attached hydrogen (secondary N) is 1. The number of halogens is 2. The average Bonchev–Trinajstić information content (AvgIpc) is 3.26. The van der Waals surface area contributed by atoms with Crippen LogP contribution in [0.2, 0.25) is 5.02 Å². The van der Waals surface area contributed by atoms with Gasteiger partial charge in [0.15, 0.2) is 0 Å². The number of anilines is 1. The van der Waals surface area contributed by atoms with Crippen LogP contribution in [-0.2, 0) is 4.79 Å². The number of benzene rings is 3. The summed E-state index contributed by atoms with van der Waals surface area (Å²) in [6.45, 7) is 6.25. The van der Waals surface area contributed by atoms with E-state index in [1.807, 2.05) is 44.2 Å². The second-order valence-electron chi connectivity index (χ2n) is 8.01. The van der Waals surface area contributed by atoms with E-state index in [4.69, 9.17) is 25.5 Å². The number of aryl methyl sites for hydroxylation is 1. The van der Waals surface area contributed by atoms with Crippen molar-refractivity contribution in [3.8, 4) is 22.6 Å². The maximum atomic E-state index is 14.1. The van der Waals surface area contributed by atoms with E-state index < -0.39 is 11.7 Å². The van der Waals surface area contributed by atoms with Crippen LogP contribution in [0.5, 0.6) is 11.5 Å². The fraction of sp³-hybridized carbons (Fsp3) is 0.179. The quantitative estimate of drug-likeness (QED) is 0.268. The number of rotatable bonds is 7. The van der Waals surface area contributed by atoms with Crippen molar-refractivity contribution in [1.82, 2.24) is 0 Å². The predicted octanol–water partition coefficient (Wildman–Crippen LogP) is 7.65. The Kier molecular flexibility index (Phi) is 7.12. The number of carbonyl (C=O) groups excluding carboxylic acids is 1. The van der Waals surface area contributed by atoms with Crippen LogP contribution >= 0.6 is 11.6 Å². The Morgan fingerprint density at radius 1 is 1.17 bits per heavy atom. The molecule has 0 atom stereocenters. The molecule has 1 N–H and O–H groups in total. The summed E-state index contributed by atoms with van der Waals surface area (Å²) in [5.41, 5.74) is 4.84. The highest BCUT2D eigenvalue weighted by molar-refractivity contribution is 6.30. The fourth-order valence-corrected chi connectivity index (χ4v) is 4.19. The van der Waals surface area contributed by atoms with Crippen LogP contribution < -0.4 is 14.8 Å². The molecule has 4 aromatic rings. The van der Waals surface area contributed by atoms with Crippen molar-refractivity contribution in [1.29, 1.82) is 0 Å². The molecular weight excluding hydrogens is 469 g/mol. The van der Waals surface area contributed by atoms with Gasteiger partial charge in [0.1, 0.15) is 22.9 Å². The third-order valence-electron chi connectivity index (χ3n) is 5.69. The largest absolute Gasteiger partial charge is 0.496 e. The predicted molar refractivity (Wildman–Crippen MR) is 138 cm³/mol. The molecule has 0 radical (unpaired) electrons. The average molecular weight is 494 g/mol. The minimum Gasteiger partial charge on any atom is -0.496 e. The second kappa shape index (κ2) is 10.2. The highest BCUT2D eigenvalue weighted by Gasteiger charge is 2.19. The molecule has 1 aromatic heterocycles. The molecule has 4 rings (SSSR count). The van der Waals surface area contributed by atoms with Gasteiger partial charge in [-0.3, -0.25) is 4.79 Å². The van der Waals surface area contributed by atoms with E-state index in [2.05, 4.69) is 5.32 Å². The molecule has 0 saturated heterocycles. The molecule has 0 aliphatic heterocycles. The Morgan fingerprint density at radius 3 is 2.57 bits per heavy atom. The first-order valence-electron chi connectivity index (χ1n) is 11.1. The summed E-state index contributed by atoms with van der Waals surface area (Å²) in [5, 5.41) is 3.70. The SMILES string of the molecule is CCOc1ccc(-c2coc3c(C)c(OC)c(/C(C)=C/C(=O)Nc4ccc(Cl)cc4F)cc23)cc1. The van der Waals surface area contributed by atoms with Gasteiger partial charge in [-0.1, -0.05) is 23.7 Å². The molecule has 180 valence electrons. The summed E-state index contributed by atoms with van der Waals surface area (Å²) < 4.78 is 31.2. The van der Waals surface area contributed by atoms with Crippen molar-refractivity contribution in [2.75, 3.05) is 19.0 Å². The number of hydrogen-bond acceptors (Lipinski definition) is 4. The monoisotopic (exact) mass is 493 g/mol. The molecule has 3 aromatic carbocycles. The molecule has 1 heterocycles. The van der Waals surface area contributed by atoms with E-state index in [0.29, 0.717) is 23.5 Å². The minimum absolute atomic E-state index is 0.0506. The Balaban J connectivity index is 1.73. The molecule has 0 bridgehead atoms. The normalized spacial score (nSPS) is 11.5. The van der Waals surface area contributed by atoms with Gasteiger partial charge in [-0.15, -0.1) is 0 Å². The molecule has 0 unspecified atom stereocenters. The lowest BCUT2D eigenvalue weighted by Crippen LogP contribution is -2.10. The van der Waals surface area contributed by atoms with Gasteiger partial charge >= 0.3 is 0 Å².